The van der Waals surface area contributed by atoms with Gasteiger partial charge in [0.25, 0.3) is 0 Å². The summed E-state index contributed by atoms with van der Waals surface area (Å²) in [7, 11) is 0. The molecule has 2 rings (SSSR count). The summed E-state index contributed by atoms with van der Waals surface area (Å²) in [6.45, 7) is 1.36. The summed E-state index contributed by atoms with van der Waals surface area (Å²) in [4.78, 5) is 10.9. The number of halogens is 3. The molecule has 0 spiro atoms. The molecule has 1 aliphatic heterocycles. The molecule has 2 unspecified atom stereocenters. The van der Waals surface area contributed by atoms with Gasteiger partial charge in [-0.1, -0.05) is 13.0 Å². The standard InChI is InChI=1S/C12H11F3O3/c1-6(11(16)17)7-5-18-9-4-2-3-8(10(7)9)12(13,14)15/h2-4,6-7H,5H2,1H3,(H,16,17). The number of benzene rings is 1. The molecule has 0 saturated heterocycles. The van der Waals surface area contributed by atoms with E-state index in [1.165, 1.54) is 19.1 Å². The van der Waals surface area contributed by atoms with Crippen LogP contribution in [0.5, 0.6) is 5.75 Å². The Hall–Kier alpha value is -1.72. The van der Waals surface area contributed by atoms with Crippen molar-refractivity contribution in [3.05, 3.63) is 29.3 Å². The molecule has 3 nitrogen and oxygen atoms in total. The van der Waals surface area contributed by atoms with E-state index in [2.05, 4.69) is 0 Å². The number of aliphatic carboxylic acids is 1. The number of carbonyl (C=O) groups is 1. The average molecular weight is 260 g/mol. The van der Waals surface area contributed by atoms with Crippen molar-refractivity contribution in [2.75, 3.05) is 6.61 Å². The minimum atomic E-state index is -4.50. The highest BCUT2D eigenvalue weighted by Crippen LogP contribution is 2.45. The summed E-state index contributed by atoms with van der Waals surface area (Å²) in [5.41, 5.74) is -0.851. The highest BCUT2D eigenvalue weighted by Gasteiger charge is 2.42. The van der Waals surface area contributed by atoms with Crippen LogP contribution in [-0.4, -0.2) is 17.7 Å². The van der Waals surface area contributed by atoms with Crippen LogP contribution in [0.3, 0.4) is 0 Å². The number of carboxylic acids is 1. The first-order valence-electron chi connectivity index (χ1n) is 5.38. The zero-order valence-electron chi connectivity index (χ0n) is 9.49. The van der Waals surface area contributed by atoms with Gasteiger partial charge in [0.15, 0.2) is 0 Å². The summed E-state index contributed by atoms with van der Waals surface area (Å²) >= 11 is 0. The van der Waals surface area contributed by atoms with Gasteiger partial charge in [0, 0.05) is 11.5 Å². The second kappa shape index (κ2) is 4.19. The van der Waals surface area contributed by atoms with E-state index in [1.54, 1.807) is 0 Å². The van der Waals surface area contributed by atoms with Crippen molar-refractivity contribution in [1.29, 1.82) is 0 Å². The second-order valence-electron chi connectivity index (χ2n) is 4.26. The summed E-state index contributed by atoms with van der Waals surface area (Å²) in [6, 6.07) is 3.64. The van der Waals surface area contributed by atoms with E-state index < -0.39 is 29.5 Å². The molecule has 98 valence electrons. The van der Waals surface area contributed by atoms with Crippen LogP contribution in [-0.2, 0) is 11.0 Å². The molecule has 0 fully saturated rings. The Morgan fingerprint density at radius 1 is 1.50 bits per heavy atom. The van der Waals surface area contributed by atoms with E-state index in [1.807, 2.05) is 0 Å². The number of carboxylic acid groups (broad SMARTS) is 1. The van der Waals surface area contributed by atoms with Crippen LogP contribution in [0.1, 0.15) is 24.0 Å². The first-order valence-corrected chi connectivity index (χ1v) is 5.38. The van der Waals surface area contributed by atoms with Gasteiger partial charge in [0.05, 0.1) is 18.1 Å². The van der Waals surface area contributed by atoms with Crippen LogP contribution in [0.2, 0.25) is 0 Å². The number of hydrogen-bond acceptors (Lipinski definition) is 2. The van der Waals surface area contributed by atoms with E-state index in [-0.39, 0.29) is 17.9 Å². The molecule has 0 aromatic heterocycles. The molecular formula is C12H11F3O3. The van der Waals surface area contributed by atoms with Crippen LogP contribution in [0.15, 0.2) is 18.2 Å². The molecule has 2 atom stereocenters. The molecule has 1 aliphatic rings. The fourth-order valence-corrected chi connectivity index (χ4v) is 2.13. The van der Waals surface area contributed by atoms with Crippen molar-refractivity contribution in [3.8, 4) is 5.75 Å². The molecular weight excluding hydrogens is 249 g/mol. The van der Waals surface area contributed by atoms with Gasteiger partial charge in [-0.15, -0.1) is 0 Å². The van der Waals surface area contributed by atoms with Crippen molar-refractivity contribution in [3.63, 3.8) is 0 Å². The van der Waals surface area contributed by atoms with E-state index >= 15 is 0 Å². The average Bonchev–Trinajstić information content (AvgIpc) is 2.69. The zero-order chi connectivity index (χ0) is 13.5. The third kappa shape index (κ3) is 2.02. The molecule has 6 heteroatoms. The van der Waals surface area contributed by atoms with E-state index in [4.69, 9.17) is 9.84 Å². The summed E-state index contributed by atoms with van der Waals surface area (Å²) < 4.78 is 43.8. The van der Waals surface area contributed by atoms with Crippen LogP contribution in [0, 0.1) is 5.92 Å². The molecule has 0 bridgehead atoms. The molecule has 1 heterocycles. The monoisotopic (exact) mass is 260 g/mol. The van der Waals surface area contributed by atoms with Gasteiger partial charge < -0.3 is 9.84 Å². The Morgan fingerprint density at radius 2 is 2.17 bits per heavy atom. The lowest BCUT2D eigenvalue weighted by atomic mass is 9.86. The lowest BCUT2D eigenvalue weighted by molar-refractivity contribution is -0.143. The topological polar surface area (TPSA) is 46.5 Å². The van der Waals surface area contributed by atoms with Crippen molar-refractivity contribution in [2.45, 2.75) is 19.0 Å². The van der Waals surface area contributed by atoms with Crippen LogP contribution in [0.4, 0.5) is 13.2 Å². The fourth-order valence-electron chi connectivity index (χ4n) is 2.13. The smallest absolute Gasteiger partial charge is 0.416 e. The minimum absolute atomic E-state index is 0.0319. The predicted octanol–water partition coefficient (Wildman–Crippen LogP) is 2.90. The number of alkyl halides is 3. The van der Waals surface area contributed by atoms with Gasteiger partial charge in [-0.05, 0) is 12.1 Å². The van der Waals surface area contributed by atoms with Crippen LogP contribution >= 0.6 is 0 Å². The maximum absolute atomic E-state index is 12.9. The van der Waals surface area contributed by atoms with Crippen molar-refractivity contribution >= 4 is 5.97 Å². The summed E-state index contributed by atoms with van der Waals surface area (Å²) in [5, 5.41) is 8.92. The minimum Gasteiger partial charge on any atom is -0.493 e. The SMILES string of the molecule is CC(C(=O)O)C1COc2cccc(C(F)(F)F)c21. The van der Waals surface area contributed by atoms with E-state index in [0.717, 1.165) is 6.07 Å². The third-order valence-corrected chi connectivity index (χ3v) is 3.15. The Morgan fingerprint density at radius 3 is 2.72 bits per heavy atom. The second-order valence-corrected chi connectivity index (χ2v) is 4.26. The third-order valence-electron chi connectivity index (χ3n) is 3.15. The lowest BCUT2D eigenvalue weighted by Gasteiger charge is -2.18. The molecule has 0 amide bonds. The zero-order valence-corrected chi connectivity index (χ0v) is 9.49. The Kier molecular flexibility index (Phi) is 2.96. The lowest BCUT2D eigenvalue weighted by Crippen LogP contribution is -2.22. The maximum Gasteiger partial charge on any atom is 0.416 e. The fraction of sp³-hybridized carbons (Fsp3) is 0.417. The summed E-state index contributed by atoms with van der Waals surface area (Å²) in [5.74, 6) is -2.69. The quantitative estimate of drug-likeness (QED) is 0.889. The van der Waals surface area contributed by atoms with E-state index in [9.17, 15) is 18.0 Å². The van der Waals surface area contributed by atoms with Gasteiger partial charge in [-0.25, -0.2) is 0 Å². The molecule has 1 aromatic rings. The molecule has 1 aromatic carbocycles. The number of rotatable bonds is 2. The van der Waals surface area contributed by atoms with Crippen molar-refractivity contribution < 1.29 is 27.8 Å². The number of fused-ring (bicyclic) bond motifs is 1. The first-order chi connectivity index (χ1) is 8.32. The van der Waals surface area contributed by atoms with E-state index in [0.29, 0.717) is 0 Å². The summed E-state index contributed by atoms with van der Waals surface area (Å²) in [6.07, 6.45) is -4.50. The predicted molar refractivity (Wildman–Crippen MR) is 56.5 cm³/mol. The number of hydrogen-bond donors (Lipinski definition) is 1. The molecule has 0 saturated carbocycles. The molecule has 0 aliphatic carbocycles. The van der Waals surface area contributed by atoms with Gasteiger partial charge >= 0.3 is 12.1 Å². The Balaban J connectivity index is 2.51. The van der Waals surface area contributed by atoms with Crippen molar-refractivity contribution in [1.82, 2.24) is 0 Å². The van der Waals surface area contributed by atoms with Gasteiger partial charge in [-0.2, -0.15) is 13.2 Å². The molecule has 1 N–H and O–H groups in total. The van der Waals surface area contributed by atoms with Gasteiger partial charge in [-0.3, -0.25) is 4.79 Å². The maximum atomic E-state index is 12.9. The van der Waals surface area contributed by atoms with Crippen molar-refractivity contribution in [2.24, 2.45) is 5.92 Å². The van der Waals surface area contributed by atoms with Crippen LogP contribution < -0.4 is 4.74 Å². The first kappa shape index (κ1) is 12.7. The number of ether oxygens (including phenoxy) is 1. The van der Waals surface area contributed by atoms with Crippen LogP contribution in [0.25, 0.3) is 0 Å². The largest absolute Gasteiger partial charge is 0.493 e. The Labute approximate surface area is 101 Å². The van der Waals surface area contributed by atoms with Gasteiger partial charge in [0.1, 0.15) is 5.75 Å². The van der Waals surface area contributed by atoms with Gasteiger partial charge in [0.2, 0.25) is 0 Å². The highest BCUT2D eigenvalue weighted by atomic mass is 19.4. The Bertz CT molecular complexity index is 482. The molecule has 18 heavy (non-hydrogen) atoms. The highest BCUT2D eigenvalue weighted by molar-refractivity contribution is 5.72. The normalized spacial score (nSPS) is 20.1. The molecule has 0 radical (unpaired) electrons.